The number of carbonyl (C=O) groups is 1. The van der Waals surface area contributed by atoms with Gasteiger partial charge in [-0.3, -0.25) is 4.79 Å². The van der Waals surface area contributed by atoms with E-state index in [0.29, 0.717) is 11.8 Å². The molecule has 0 atom stereocenters. The Hall–Kier alpha value is -0.610. The highest BCUT2D eigenvalue weighted by Crippen LogP contribution is 2.54. The van der Waals surface area contributed by atoms with Gasteiger partial charge in [-0.15, -0.1) is 0 Å². The monoisotopic (exact) mass is 350 g/mol. The first kappa shape index (κ1) is 20.4. The van der Waals surface area contributed by atoms with Crippen LogP contribution >= 0.6 is 11.8 Å². The Morgan fingerprint density at radius 1 is 0.905 bits per heavy atom. The van der Waals surface area contributed by atoms with Crippen molar-refractivity contribution in [2.75, 3.05) is 5.75 Å². The highest BCUT2D eigenvalue weighted by atomic mass is 32.2. The molecule has 0 saturated heterocycles. The van der Waals surface area contributed by atoms with E-state index >= 15 is 0 Å². The highest BCUT2D eigenvalue weighted by molar-refractivity contribution is 8.13. The maximum absolute atomic E-state index is 13.0. The fourth-order valence-corrected chi connectivity index (χ4v) is 1.87. The van der Waals surface area contributed by atoms with Gasteiger partial charge in [-0.05, 0) is 6.42 Å². The first-order valence-electron chi connectivity index (χ1n) is 5.56. The predicted molar refractivity (Wildman–Crippen MR) is 57.9 cm³/mol. The lowest BCUT2D eigenvalue weighted by atomic mass is 10.00. The van der Waals surface area contributed by atoms with Crippen LogP contribution in [0.25, 0.3) is 0 Å². The molecule has 0 rings (SSSR count). The van der Waals surface area contributed by atoms with E-state index in [9.17, 15) is 44.3 Å². The van der Waals surface area contributed by atoms with E-state index in [0.717, 1.165) is 0 Å². The number of carbonyl (C=O) groups excluding carboxylic acids is 1. The molecule has 0 spiro atoms. The standard InChI is InChI=1S/C10H11F9OS/c1-2-6(20)21-5-3-4-7(11,12)8(13,14)9(15,16)10(17,18)19/h2-5H2,1H3. The van der Waals surface area contributed by atoms with E-state index in [1.807, 2.05) is 0 Å². The van der Waals surface area contributed by atoms with Gasteiger partial charge in [0, 0.05) is 18.6 Å². The highest BCUT2D eigenvalue weighted by Gasteiger charge is 2.81. The minimum Gasteiger partial charge on any atom is -0.287 e. The predicted octanol–water partition coefficient (Wildman–Crippen LogP) is 4.90. The van der Waals surface area contributed by atoms with E-state index in [2.05, 4.69) is 0 Å². The van der Waals surface area contributed by atoms with Crippen molar-refractivity contribution in [2.45, 2.75) is 50.1 Å². The molecule has 0 radical (unpaired) electrons. The molecule has 0 heterocycles. The fraction of sp³-hybridized carbons (Fsp3) is 0.900. The summed E-state index contributed by atoms with van der Waals surface area (Å²) in [6.45, 7) is 1.45. The Bertz CT molecular complexity index is 364. The molecule has 0 aromatic carbocycles. The topological polar surface area (TPSA) is 17.1 Å². The van der Waals surface area contributed by atoms with Gasteiger partial charge in [0.15, 0.2) is 5.12 Å². The van der Waals surface area contributed by atoms with Crippen molar-refractivity contribution in [1.29, 1.82) is 0 Å². The first-order chi connectivity index (χ1) is 9.20. The Morgan fingerprint density at radius 3 is 1.76 bits per heavy atom. The van der Waals surface area contributed by atoms with E-state index < -0.39 is 41.9 Å². The van der Waals surface area contributed by atoms with Crippen molar-refractivity contribution in [1.82, 2.24) is 0 Å². The second kappa shape index (κ2) is 6.66. The zero-order chi connectivity index (χ0) is 17.1. The molecule has 0 aliphatic rings. The van der Waals surface area contributed by atoms with Crippen molar-refractivity contribution >= 4 is 16.9 Å². The normalized spacial score (nSPS) is 14.4. The van der Waals surface area contributed by atoms with Crippen molar-refractivity contribution in [3.05, 3.63) is 0 Å². The maximum atomic E-state index is 13.0. The number of halogens is 9. The number of hydrogen-bond donors (Lipinski definition) is 0. The van der Waals surface area contributed by atoms with Crippen molar-refractivity contribution in [2.24, 2.45) is 0 Å². The molecular weight excluding hydrogens is 339 g/mol. The molecule has 0 aromatic rings. The van der Waals surface area contributed by atoms with Crippen molar-refractivity contribution < 1.29 is 44.3 Å². The number of hydrogen-bond acceptors (Lipinski definition) is 2. The number of alkyl halides is 9. The van der Waals surface area contributed by atoms with Gasteiger partial charge < -0.3 is 0 Å². The maximum Gasteiger partial charge on any atom is 0.460 e. The Labute approximate surface area is 118 Å². The van der Waals surface area contributed by atoms with Gasteiger partial charge in [0.2, 0.25) is 0 Å². The fourth-order valence-electron chi connectivity index (χ4n) is 1.15. The van der Waals surface area contributed by atoms with Crippen LogP contribution in [0.2, 0.25) is 0 Å². The van der Waals surface area contributed by atoms with Gasteiger partial charge in [0.1, 0.15) is 0 Å². The second-order valence-electron chi connectivity index (χ2n) is 4.03. The average molecular weight is 350 g/mol. The third-order valence-corrected chi connectivity index (χ3v) is 3.50. The third-order valence-electron chi connectivity index (χ3n) is 2.40. The van der Waals surface area contributed by atoms with E-state index in [1.54, 1.807) is 0 Å². The smallest absolute Gasteiger partial charge is 0.287 e. The molecule has 0 saturated carbocycles. The summed E-state index contributed by atoms with van der Waals surface area (Å²) in [5.41, 5.74) is 0. The first-order valence-corrected chi connectivity index (χ1v) is 6.55. The minimum atomic E-state index is -6.85. The Kier molecular flexibility index (Phi) is 6.46. The summed E-state index contributed by atoms with van der Waals surface area (Å²) in [5, 5.41) is -0.439. The minimum absolute atomic E-state index is 0.0450. The summed E-state index contributed by atoms with van der Waals surface area (Å²) in [4.78, 5) is 10.8. The molecule has 0 aliphatic carbocycles. The van der Waals surface area contributed by atoms with Gasteiger partial charge in [-0.1, -0.05) is 18.7 Å². The second-order valence-corrected chi connectivity index (χ2v) is 5.18. The lowest BCUT2D eigenvalue weighted by Gasteiger charge is -2.33. The van der Waals surface area contributed by atoms with Crippen LogP contribution in [0.15, 0.2) is 0 Å². The zero-order valence-corrected chi connectivity index (χ0v) is 11.4. The van der Waals surface area contributed by atoms with Crippen LogP contribution in [0.3, 0.4) is 0 Å². The summed E-state index contributed by atoms with van der Waals surface area (Å²) < 4.78 is 112. The Balaban J connectivity index is 4.85. The van der Waals surface area contributed by atoms with E-state index in [1.165, 1.54) is 6.92 Å². The van der Waals surface area contributed by atoms with Gasteiger partial charge >= 0.3 is 23.9 Å². The lowest BCUT2D eigenvalue weighted by Crippen LogP contribution is -2.60. The molecule has 11 heteroatoms. The summed E-state index contributed by atoms with van der Waals surface area (Å²) in [6.07, 6.45) is -9.46. The number of rotatable bonds is 7. The van der Waals surface area contributed by atoms with Gasteiger partial charge in [-0.2, -0.15) is 39.5 Å². The van der Waals surface area contributed by atoms with Crippen LogP contribution in [0.1, 0.15) is 26.2 Å². The van der Waals surface area contributed by atoms with Gasteiger partial charge in [0.25, 0.3) is 0 Å². The molecule has 0 bridgehead atoms. The summed E-state index contributed by atoms with van der Waals surface area (Å²) in [7, 11) is 0. The quantitative estimate of drug-likeness (QED) is 0.480. The third kappa shape index (κ3) is 4.43. The van der Waals surface area contributed by atoms with Crippen LogP contribution in [0, 0.1) is 0 Å². The van der Waals surface area contributed by atoms with Crippen LogP contribution in [-0.2, 0) is 4.79 Å². The molecule has 126 valence electrons. The molecule has 0 fully saturated rings. The molecule has 1 nitrogen and oxygen atoms in total. The molecule has 21 heavy (non-hydrogen) atoms. The van der Waals surface area contributed by atoms with E-state index in [4.69, 9.17) is 0 Å². The lowest BCUT2D eigenvalue weighted by molar-refractivity contribution is -0.396. The Morgan fingerprint density at radius 2 is 1.38 bits per heavy atom. The van der Waals surface area contributed by atoms with Crippen LogP contribution in [0.5, 0.6) is 0 Å². The van der Waals surface area contributed by atoms with Gasteiger partial charge in [0.05, 0.1) is 0 Å². The molecule has 0 N–H and O–H groups in total. The van der Waals surface area contributed by atoms with Crippen molar-refractivity contribution in [3.8, 4) is 0 Å². The molecular formula is C10H11F9OS. The molecule has 0 aromatic heterocycles. The van der Waals surface area contributed by atoms with Crippen LogP contribution in [-0.4, -0.2) is 34.8 Å². The summed E-state index contributed by atoms with van der Waals surface area (Å²) in [6, 6.07) is 0. The van der Waals surface area contributed by atoms with Crippen LogP contribution < -0.4 is 0 Å². The molecule has 0 unspecified atom stereocenters. The zero-order valence-electron chi connectivity index (χ0n) is 10.5. The average Bonchev–Trinajstić information content (AvgIpc) is 2.32. The summed E-state index contributed by atoms with van der Waals surface area (Å²) >= 11 is 0.514. The van der Waals surface area contributed by atoms with Crippen molar-refractivity contribution in [3.63, 3.8) is 0 Å². The molecule has 0 amide bonds. The van der Waals surface area contributed by atoms with Gasteiger partial charge in [-0.25, -0.2) is 0 Å². The summed E-state index contributed by atoms with van der Waals surface area (Å²) in [5.74, 6) is -19.4. The SMILES string of the molecule is CCC(=O)SCCCC(F)(F)C(F)(F)C(F)(F)C(F)(F)F. The number of thioether (sulfide) groups is 1. The van der Waals surface area contributed by atoms with Crippen LogP contribution in [0.4, 0.5) is 39.5 Å². The molecule has 0 aliphatic heterocycles. The largest absolute Gasteiger partial charge is 0.460 e. The van der Waals surface area contributed by atoms with E-state index in [-0.39, 0.29) is 12.2 Å².